The Morgan fingerprint density at radius 1 is 1.32 bits per heavy atom. The van der Waals surface area contributed by atoms with Crippen LogP contribution < -0.4 is 4.74 Å². The van der Waals surface area contributed by atoms with Crippen molar-refractivity contribution in [3.63, 3.8) is 0 Å². The predicted molar refractivity (Wildman–Crippen MR) is 86.5 cm³/mol. The summed E-state index contributed by atoms with van der Waals surface area (Å²) in [5.74, 6) is 0.830. The van der Waals surface area contributed by atoms with Crippen LogP contribution in [0.2, 0.25) is 0 Å². The highest BCUT2D eigenvalue weighted by Crippen LogP contribution is 2.61. The molecule has 1 aromatic carbocycles. The maximum Gasteiger partial charge on any atom is 0.582 e. The standard InChI is InChI=1S/C12H15O3PS3/c1-12(2)11(15-16(13)17)10(18-19-12)8-4-6-9(14-3)7-5-8/h4-7,10-11H,1-3H3/p+1/t10-,11+/m1/s1. The van der Waals surface area contributed by atoms with E-state index in [0.717, 1.165) is 11.3 Å². The summed E-state index contributed by atoms with van der Waals surface area (Å²) in [6.07, 6.45) is -0.128. The van der Waals surface area contributed by atoms with Gasteiger partial charge in [-0.2, -0.15) is 0 Å². The van der Waals surface area contributed by atoms with Gasteiger partial charge in [-0.15, -0.1) is 4.52 Å². The lowest BCUT2D eigenvalue weighted by Gasteiger charge is -2.23. The molecule has 0 N–H and O–H groups in total. The van der Waals surface area contributed by atoms with Gasteiger partial charge in [0, 0.05) is 0 Å². The lowest BCUT2D eigenvalue weighted by atomic mass is 9.98. The number of benzene rings is 1. The summed E-state index contributed by atoms with van der Waals surface area (Å²) in [6, 6.07) is 7.92. The highest BCUT2D eigenvalue weighted by atomic mass is 33.1. The minimum Gasteiger partial charge on any atom is -0.497 e. The van der Waals surface area contributed by atoms with Crippen molar-refractivity contribution in [2.24, 2.45) is 0 Å². The number of thiol groups is 1. The van der Waals surface area contributed by atoms with E-state index in [2.05, 4.69) is 26.1 Å². The predicted octanol–water partition coefficient (Wildman–Crippen LogP) is 4.88. The monoisotopic (exact) mass is 335 g/mol. The van der Waals surface area contributed by atoms with Crippen molar-refractivity contribution < 1.29 is 13.8 Å². The van der Waals surface area contributed by atoms with Gasteiger partial charge in [-0.3, -0.25) is 0 Å². The van der Waals surface area contributed by atoms with Gasteiger partial charge in [0.1, 0.15) is 24.1 Å². The van der Waals surface area contributed by atoms with Crippen LogP contribution in [-0.2, 0) is 9.09 Å². The molecule has 1 aliphatic rings. The Morgan fingerprint density at radius 3 is 2.47 bits per heavy atom. The largest absolute Gasteiger partial charge is 0.582 e. The first-order valence-electron chi connectivity index (χ1n) is 5.75. The third-order valence-electron chi connectivity index (χ3n) is 2.97. The van der Waals surface area contributed by atoms with Gasteiger partial charge in [0.05, 0.1) is 17.1 Å². The van der Waals surface area contributed by atoms with E-state index in [1.54, 1.807) is 28.7 Å². The Labute approximate surface area is 127 Å². The number of ether oxygens (including phenoxy) is 1. The molecule has 19 heavy (non-hydrogen) atoms. The van der Waals surface area contributed by atoms with E-state index >= 15 is 0 Å². The molecular formula is C12H16O3PS3+. The van der Waals surface area contributed by atoms with E-state index in [9.17, 15) is 4.57 Å². The first-order chi connectivity index (χ1) is 8.94. The zero-order valence-electron chi connectivity index (χ0n) is 10.9. The quantitative estimate of drug-likeness (QED) is 0.482. The van der Waals surface area contributed by atoms with Gasteiger partial charge >= 0.3 is 7.23 Å². The van der Waals surface area contributed by atoms with Crippen molar-refractivity contribution in [2.45, 2.75) is 29.9 Å². The molecule has 7 heteroatoms. The number of hydrogen-bond acceptors (Lipinski definition) is 5. The molecule has 104 valence electrons. The molecule has 0 aromatic heterocycles. The van der Waals surface area contributed by atoms with Crippen LogP contribution in [0, 0.1) is 0 Å². The second kappa shape index (κ2) is 6.27. The van der Waals surface area contributed by atoms with Crippen LogP contribution in [0.3, 0.4) is 0 Å². The Morgan fingerprint density at radius 2 is 1.95 bits per heavy atom. The van der Waals surface area contributed by atoms with Crippen LogP contribution >= 0.6 is 41.1 Å². The van der Waals surface area contributed by atoms with Crippen LogP contribution in [0.25, 0.3) is 0 Å². The minimum absolute atomic E-state index is 0.0943. The highest BCUT2D eigenvalue weighted by molar-refractivity contribution is 8.77. The van der Waals surface area contributed by atoms with E-state index in [-0.39, 0.29) is 16.1 Å². The molecule has 0 spiro atoms. The molecule has 0 radical (unpaired) electrons. The molecule has 2 rings (SSSR count). The van der Waals surface area contributed by atoms with Gasteiger partial charge in [-0.25, -0.2) is 0 Å². The SMILES string of the molecule is COc1ccc([C@H]2SSC(C)(C)[C@H]2O[P+](=O)S)cc1. The topological polar surface area (TPSA) is 35.5 Å². The van der Waals surface area contributed by atoms with Gasteiger partial charge in [-0.1, -0.05) is 33.7 Å². The Balaban J connectivity index is 2.24. The van der Waals surface area contributed by atoms with Crippen LogP contribution in [0.5, 0.6) is 5.75 Å². The van der Waals surface area contributed by atoms with Gasteiger partial charge < -0.3 is 4.74 Å². The average molecular weight is 335 g/mol. The smallest absolute Gasteiger partial charge is 0.497 e. The molecule has 3 nitrogen and oxygen atoms in total. The Hall–Kier alpha value is 0.130. The summed E-state index contributed by atoms with van der Waals surface area (Å²) in [5, 5.41) is 0.150. The second-order valence-corrected chi connectivity index (χ2v) is 9.40. The van der Waals surface area contributed by atoms with Crippen molar-refractivity contribution >= 4 is 41.1 Å². The maximum absolute atomic E-state index is 11.3. The molecule has 1 fully saturated rings. The Bertz CT molecular complexity index is 464. The molecule has 3 atom stereocenters. The normalized spacial score (nSPS) is 26.2. The molecule has 1 unspecified atom stereocenters. The molecule has 0 amide bonds. The molecule has 1 heterocycles. The van der Waals surface area contributed by atoms with Crippen LogP contribution in [-0.4, -0.2) is 18.0 Å². The first-order valence-corrected chi connectivity index (χ1v) is 10.3. The molecule has 1 saturated heterocycles. The van der Waals surface area contributed by atoms with Gasteiger partial charge in [-0.05, 0) is 36.1 Å². The minimum atomic E-state index is -1.90. The van der Waals surface area contributed by atoms with Crippen molar-refractivity contribution in [1.29, 1.82) is 0 Å². The third kappa shape index (κ3) is 3.61. The fourth-order valence-corrected chi connectivity index (χ4v) is 6.44. The van der Waals surface area contributed by atoms with E-state index in [0.29, 0.717) is 0 Å². The van der Waals surface area contributed by atoms with Gasteiger partial charge in [0.2, 0.25) is 0 Å². The lowest BCUT2D eigenvalue weighted by molar-refractivity contribution is 0.186. The summed E-state index contributed by atoms with van der Waals surface area (Å²) in [5.41, 5.74) is 1.15. The fourth-order valence-electron chi connectivity index (χ4n) is 1.94. The first kappa shape index (κ1) is 15.5. The maximum atomic E-state index is 11.3. The average Bonchev–Trinajstić information content (AvgIpc) is 2.65. The van der Waals surface area contributed by atoms with Crippen molar-refractivity contribution in [3.05, 3.63) is 29.8 Å². The van der Waals surface area contributed by atoms with Gasteiger partial charge in [0.25, 0.3) is 0 Å². The number of rotatable bonds is 4. The molecule has 0 aliphatic carbocycles. The molecule has 0 saturated carbocycles. The number of hydrogen-bond donors (Lipinski definition) is 1. The summed E-state index contributed by atoms with van der Waals surface area (Å²) in [4.78, 5) is 0. The molecule has 1 aliphatic heterocycles. The van der Waals surface area contributed by atoms with E-state index < -0.39 is 7.23 Å². The van der Waals surface area contributed by atoms with Crippen LogP contribution in [0.15, 0.2) is 24.3 Å². The van der Waals surface area contributed by atoms with E-state index in [1.165, 1.54) is 0 Å². The highest BCUT2D eigenvalue weighted by Gasteiger charge is 2.49. The van der Waals surface area contributed by atoms with Gasteiger partial charge in [0.15, 0.2) is 0 Å². The second-order valence-electron chi connectivity index (χ2n) is 4.74. The van der Waals surface area contributed by atoms with E-state index in [4.69, 9.17) is 9.26 Å². The van der Waals surface area contributed by atoms with E-state index in [1.807, 2.05) is 24.3 Å². The summed E-state index contributed by atoms with van der Waals surface area (Å²) >= 11 is 3.88. The third-order valence-corrected chi connectivity index (χ3v) is 7.35. The zero-order chi connectivity index (χ0) is 14.0. The number of methoxy groups -OCH3 is 1. The summed E-state index contributed by atoms with van der Waals surface area (Å²) in [6.45, 7) is 4.21. The van der Waals surface area contributed by atoms with Crippen molar-refractivity contribution in [3.8, 4) is 5.75 Å². The Kier molecular flexibility index (Phi) is 5.12. The molecule has 0 bridgehead atoms. The lowest BCUT2D eigenvalue weighted by Crippen LogP contribution is -2.32. The summed E-state index contributed by atoms with van der Waals surface area (Å²) < 4.78 is 21.9. The summed E-state index contributed by atoms with van der Waals surface area (Å²) in [7, 11) is 3.26. The van der Waals surface area contributed by atoms with Crippen molar-refractivity contribution in [1.82, 2.24) is 0 Å². The van der Waals surface area contributed by atoms with Crippen LogP contribution in [0.1, 0.15) is 24.7 Å². The fraction of sp³-hybridized carbons (Fsp3) is 0.500. The molecule has 1 aromatic rings. The molecular weight excluding hydrogens is 319 g/mol. The van der Waals surface area contributed by atoms with Crippen LogP contribution in [0.4, 0.5) is 0 Å². The zero-order valence-corrected chi connectivity index (χ0v) is 14.3. The van der Waals surface area contributed by atoms with Crippen molar-refractivity contribution in [2.75, 3.05) is 7.11 Å².